The average Bonchev–Trinajstić information content (AvgIpc) is 3.22. The van der Waals surface area contributed by atoms with Crippen LogP contribution in [0.25, 0.3) is 11.1 Å². The molecule has 0 saturated carbocycles. The molecule has 0 atom stereocenters. The number of likely N-dealkylation sites (N-methyl/N-ethyl adjacent to an activating group) is 1. The molecule has 0 fully saturated rings. The van der Waals surface area contributed by atoms with Crippen LogP contribution in [0.5, 0.6) is 0 Å². The molecule has 11 heteroatoms. The smallest absolute Gasteiger partial charge is 0.336 e. The maximum atomic E-state index is 14.3. The van der Waals surface area contributed by atoms with Gasteiger partial charge in [-0.05, 0) is 78.7 Å². The second kappa shape index (κ2) is 15.3. The number of nitrogens with zero attached hydrogens (tertiary/aromatic N) is 4. The third kappa shape index (κ3) is 8.70. The first kappa shape index (κ1) is 27.0. The van der Waals surface area contributed by atoms with Gasteiger partial charge in [0.15, 0.2) is 5.16 Å². The number of benzene rings is 3. The molecule has 0 radical (unpaired) electrons. The number of fused-ring (bicyclic) bond motifs is 1. The summed E-state index contributed by atoms with van der Waals surface area (Å²) < 4.78 is 105. The lowest BCUT2D eigenvalue weighted by atomic mass is 10.0. The van der Waals surface area contributed by atoms with E-state index in [0.717, 1.165) is 28.5 Å². The highest BCUT2D eigenvalue weighted by Crippen LogP contribution is 2.31. The highest BCUT2D eigenvalue weighted by atomic mass is 32.2. The highest BCUT2D eigenvalue weighted by molar-refractivity contribution is 7.98. The third-order valence-electron chi connectivity index (χ3n) is 7.90. The molecule has 0 spiro atoms. The minimum absolute atomic E-state index is 0.0792. The number of thioether (sulfide) groups is 1. The van der Waals surface area contributed by atoms with Crippen molar-refractivity contribution in [1.82, 2.24) is 19.4 Å². The normalized spacial score (nSPS) is 17.9. The second-order valence-electron chi connectivity index (χ2n) is 10.9. The zero-order valence-electron chi connectivity index (χ0n) is 31.9. The minimum Gasteiger partial charge on any atom is -0.336 e. The number of carbonyl (C=O) groups excluding carboxylic acids is 1. The van der Waals surface area contributed by atoms with Crippen LogP contribution < -0.4 is 5.56 Å². The van der Waals surface area contributed by atoms with Crippen molar-refractivity contribution in [3.05, 3.63) is 117 Å². The van der Waals surface area contributed by atoms with Crippen molar-refractivity contribution in [2.24, 2.45) is 0 Å². The fraction of sp³-hybridized carbons (Fsp3) is 0.361. The summed E-state index contributed by atoms with van der Waals surface area (Å²) in [5, 5.41) is -0.131. The fourth-order valence-corrected chi connectivity index (χ4v) is 6.07. The summed E-state index contributed by atoms with van der Waals surface area (Å²) in [6, 6.07) is 17.2. The highest BCUT2D eigenvalue weighted by Gasteiger charge is 2.30. The molecule has 248 valence electrons. The van der Waals surface area contributed by atoms with E-state index in [1.54, 1.807) is 24.3 Å². The largest absolute Gasteiger partial charge is 0.416 e. The molecule has 1 aromatic heterocycles. The van der Waals surface area contributed by atoms with Crippen LogP contribution in [0.1, 0.15) is 56.4 Å². The van der Waals surface area contributed by atoms with Gasteiger partial charge in [0.05, 0.1) is 5.56 Å². The third-order valence-corrected chi connectivity index (χ3v) is 8.95. The zero-order valence-corrected chi connectivity index (χ0v) is 26.7. The lowest BCUT2D eigenvalue weighted by Gasteiger charge is -2.28. The molecule has 0 saturated heterocycles. The SMILES string of the molecule is [2H]C1([2H])c2c(n(CC(=O)N(CCN(CC)CC)Cc3ccc(-c4ccc(C(F)(F)F)cc4)cc3)c(SCc3ccc(F)cc3)nc2=O)C([2H])([2H])C1([2H])[2H]. The molecule has 5 rings (SSSR count). The topological polar surface area (TPSA) is 58.4 Å². The van der Waals surface area contributed by atoms with E-state index in [9.17, 15) is 27.2 Å². The van der Waals surface area contributed by atoms with Crippen LogP contribution in [-0.4, -0.2) is 51.4 Å². The van der Waals surface area contributed by atoms with Crippen molar-refractivity contribution >= 4 is 17.7 Å². The Balaban J connectivity index is 1.50. The Morgan fingerprint density at radius 1 is 0.915 bits per heavy atom. The minimum atomic E-state index is -4.46. The lowest BCUT2D eigenvalue weighted by Crippen LogP contribution is -2.40. The maximum Gasteiger partial charge on any atom is 0.416 e. The van der Waals surface area contributed by atoms with E-state index >= 15 is 0 Å². The van der Waals surface area contributed by atoms with Gasteiger partial charge >= 0.3 is 6.18 Å². The Kier molecular flexibility index (Phi) is 8.80. The quantitative estimate of drug-likeness (QED) is 0.0853. The van der Waals surface area contributed by atoms with Gasteiger partial charge < -0.3 is 14.4 Å². The average molecular weight is 673 g/mol. The van der Waals surface area contributed by atoms with Crippen molar-refractivity contribution in [3.63, 3.8) is 0 Å². The number of halogens is 4. The Morgan fingerprint density at radius 2 is 1.53 bits per heavy atom. The van der Waals surface area contributed by atoms with Gasteiger partial charge in [-0.3, -0.25) is 9.59 Å². The van der Waals surface area contributed by atoms with E-state index in [1.807, 2.05) is 13.8 Å². The summed E-state index contributed by atoms with van der Waals surface area (Å²) in [6.07, 6.45) is -13.8. The molecule has 6 nitrogen and oxygen atoms in total. The van der Waals surface area contributed by atoms with Crippen LogP contribution in [-0.2, 0) is 42.6 Å². The van der Waals surface area contributed by atoms with Crippen LogP contribution in [0.3, 0.4) is 0 Å². The van der Waals surface area contributed by atoms with E-state index in [1.165, 1.54) is 41.3 Å². The lowest BCUT2D eigenvalue weighted by molar-refractivity contribution is -0.137. The number of hydrogen-bond donors (Lipinski definition) is 0. The van der Waals surface area contributed by atoms with Crippen LogP contribution in [0.15, 0.2) is 82.7 Å². The zero-order chi connectivity index (χ0) is 38.9. The van der Waals surface area contributed by atoms with Gasteiger partial charge in [-0.1, -0.05) is 74.1 Å². The maximum absolute atomic E-state index is 14.3. The molecule has 1 aliphatic rings. The first-order valence-electron chi connectivity index (χ1n) is 18.1. The van der Waals surface area contributed by atoms with Crippen molar-refractivity contribution < 1.29 is 30.6 Å². The molecule has 0 unspecified atom stereocenters. The van der Waals surface area contributed by atoms with Crippen molar-refractivity contribution in [2.75, 3.05) is 26.2 Å². The second-order valence-corrected chi connectivity index (χ2v) is 11.9. The van der Waals surface area contributed by atoms with E-state index in [4.69, 9.17) is 8.22 Å². The molecule has 1 heterocycles. The molecule has 1 aliphatic carbocycles. The number of alkyl halides is 3. The Labute approximate surface area is 284 Å². The first-order chi connectivity index (χ1) is 24.8. The number of carbonyl (C=O) groups is 1. The predicted molar refractivity (Wildman–Crippen MR) is 177 cm³/mol. The van der Waals surface area contributed by atoms with Crippen LogP contribution >= 0.6 is 11.8 Å². The van der Waals surface area contributed by atoms with Gasteiger partial charge in [-0.15, -0.1) is 0 Å². The molecule has 0 bridgehead atoms. The molecule has 4 aromatic rings. The molecule has 0 N–H and O–H groups in total. The monoisotopic (exact) mass is 672 g/mol. The predicted octanol–water partition coefficient (Wildman–Crippen LogP) is 7.22. The number of amides is 1. The van der Waals surface area contributed by atoms with Crippen molar-refractivity contribution in [2.45, 2.75) is 63.1 Å². The standard InChI is InChI=1S/C36H38F4N4O2S/c1-3-42(4-2)20-21-43(22-25-8-12-27(13-9-25)28-14-16-29(17-15-28)36(38,39)40)33(45)23-44-32-7-5-6-31(32)34(46)41-35(44)47-24-26-10-18-30(37)19-11-26/h8-19H,3-7,20-24H2,1-2H3/i5D2,6D2,7D2. The Morgan fingerprint density at radius 3 is 2.15 bits per heavy atom. The molecule has 0 aliphatic heterocycles. The van der Waals surface area contributed by atoms with Gasteiger partial charge in [-0.2, -0.15) is 18.2 Å². The van der Waals surface area contributed by atoms with Crippen molar-refractivity contribution in [3.8, 4) is 11.1 Å². The number of hydrogen-bond acceptors (Lipinski definition) is 5. The van der Waals surface area contributed by atoms with E-state index in [2.05, 4.69) is 9.88 Å². The van der Waals surface area contributed by atoms with E-state index in [-0.39, 0.29) is 24.0 Å². The molecular weight excluding hydrogens is 628 g/mol. The molecule has 47 heavy (non-hydrogen) atoms. The van der Waals surface area contributed by atoms with E-state index in [0.29, 0.717) is 41.9 Å². The molecule has 3 aromatic carbocycles. The summed E-state index contributed by atoms with van der Waals surface area (Å²) >= 11 is 0.949. The summed E-state index contributed by atoms with van der Waals surface area (Å²) in [6.45, 7) is 5.52. The van der Waals surface area contributed by atoms with Gasteiger partial charge in [-0.25, -0.2) is 4.39 Å². The number of aromatic nitrogens is 2. The van der Waals surface area contributed by atoms with Crippen LogP contribution in [0, 0.1) is 5.82 Å². The molecule has 1 amide bonds. The molecular formula is C36H38F4N4O2S. The van der Waals surface area contributed by atoms with Crippen molar-refractivity contribution in [1.29, 1.82) is 0 Å². The Hall–Kier alpha value is -3.96. The summed E-state index contributed by atoms with van der Waals surface area (Å²) in [7, 11) is 0. The number of rotatable bonds is 13. The fourth-order valence-electron chi connectivity index (χ4n) is 5.12. The van der Waals surface area contributed by atoms with Crippen LogP contribution in [0.4, 0.5) is 17.6 Å². The van der Waals surface area contributed by atoms with E-state index < -0.39 is 65.9 Å². The van der Waals surface area contributed by atoms with Gasteiger partial charge in [0.25, 0.3) is 5.56 Å². The summed E-state index contributed by atoms with van der Waals surface area (Å²) in [5.74, 6) is -0.878. The van der Waals surface area contributed by atoms with Gasteiger partial charge in [0.1, 0.15) is 12.4 Å². The Bertz CT molecular complexity index is 1990. The summed E-state index contributed by atoms with van der Waals surface area (Å²) in [5.41, 5.74) is -0.769. The first-order valence-corrected chi connectivity index (χ1v) is 16.1. The summed E-state index contributed by atoms with van der Waals surface area (Å²) in [4.78, 5) is 35.3. The van der Waals surface area contributed by atoms with Crippen LogP contribution in [0.2, 0.25) is 0 Å². The van der Waals surface area contributed by atoms with Gasteiger partial charge in [0.2, 0.25) is 5.91 Å². The van der Waals surface area contributed by atoms with Gasteiger partial charge in [0, 0.05) is 44.9 Å².